The van der Waals surface area contributed by atoms with Gasteiger partial charge in [0.2, 0.25) is 0 Å². The zero-order valence-electron chi connectivity index (χ0n) is 10.9. The molecular weight excluding hydrogens is 267 g/mol. The molecule has 0 saturated heterocycles. The molecule has 106 valence electrons. The van der Waals surface area contributed by atoms with Crippen LogP contribution in [0.1, 0.15) is 11.1 Å². The first kappa shape index (κ1) is 14.2. The number of aromatic nitrogens is 1. The maximum Gasteiger partial charge on any atom is 0.418 e. The Balaban J connectivity index is 2.25. The monoisotopic (exact) mass is 281 g/mol. The first-order chi connectivity index (χ1) is 9.38. The minimum absolute atomic E-state index is 0.268. The van der Waals surface area contributed by atoms with Gasteiger partial charge in [-0.25, -0.2) is 0 Å². The van der Waals surface area contributed by atoms with Gasteiger partial charge in [0, 0.05) is 37.4 Å². The van der Waals surface area contributed by atoms with Gasteiger partial charge in [0.25, 0.3) is 0 Å². The van der Waals surface area contributed by atoms with Gasteiger partial charge in [-0.05, 0) is 29.8 Å². The highest BCUT2D eigenvalue weighted by molar-refractivity contribution is 5.59. The largest absolute Gasteiger partial charge is 0.418 e. The summed E-state index contributed by atoms with van der Waals surface area (Å²) in [6.45, 7) is 0.467. The van der Waals surface area contributed by atoms with Gasteiger partial charge in [-0.1, -0.05) is 6.07 Å². The lowest BCUT2D eigenvalue weighted by Gasteiger charge is -2.21. The highest BCUT2D eigenvalue weighted by atomic mass is 19.4. The van der Waals surface area contributed by atoms with Crippen molar-refractivity contribution in [3.05, 3.63) is 53.9 Å². The number of hydrogen-bond acceptors (Lipinski definition) is 3. The van der Waals surface area contributed by atoms with E-state index in [0.29, 0.717) is 12.2 Å². The van der Waals surface area contributed by atoms with Crippen molar-refractivity contribution in [3.63, 3.8) is 0 Å². The minimum Gasteiger partial charge on any atom is -0.398 e. The van der Waals surface area contributed by atoms with Crippen molar-refractivity contribution < 1.29 is 13.2 Å². The van der Waals surface area contributed by atoms with Gasteiger partial charge in [0.05, 0.1) is 5.56 Å². The summed E-state index contributed by atoms with van der Waals surface area (Å²) in [5.74, 6) is 0. The fourth-order valence-electron chi connectivity index (χ4n) is 1.88. The van der Waals surface area contributed by atoms with Gasteiger partial charge in [-0.3, -0.25) is 4.98 Å². The maximum absolute atomic E-state index is 12.8. The van der Waals surface area contributed by atoms with Gasteiger partial charge in [0.1, 0.15) is 0 Å². The number of rotatable bonds is 3. The third kappa shape index (κ3) is 3.20. The van der Waals surface area contributed by atoms with E-state index in [1.54, 1.807) is 36.5 Å². The highest BCUT2D eigenvalue weighted by Gasteiger charge is 2.33. The van der Waals surface area contributed by atoms with E-state index in [-0.39, 0.29) is 5.69 Å². The molecule has 2 rings (SSSR count). The molecule has 1 aromatic heterocycles. The van der Waals surface area contributed by atoms with Crippen LogP contribution in [0.15, 0.2) is 42.7 Å². The normalized spacial score (nSPS) is 11.4. The second kappa shape index (κ2) is 5.40. The van der Waals surface area contributed by atoms with E-state index in [0.717, 1.165) is 11.6 Å². The van der Waals surface area contributed by atoms with Crippen molar-refractivity contribution in [2.24, 2.45) is 0 Å². The van der Waals surface area contributed by atoms with Crippen molar-refractivity contribution in [1.29, 1.82) is 0 Å². The standard InChI is InChI=1S/C14H14F3N3/c1-20(9-10-3-2-6-19-8-10)11-4-5-13(18)12(7-11)14(15,16)17/h2-8H,9,18H2,1H3. The number of alkyl halides is 3. The Morgan fingerprint density at radius 2 is 2.00 bits per heavy atom. The van der Waals surface area contributed by atoms with Crippen molar-refractivity contribution in [3.8, 4) is 0 Å². The van der Waals surface area contributed by atoms with Crippen LogP contribution in [0.2, 0.25) is 0 Å². The molecule has 0 amide bonds. The van der Waals surface area contributed by atoms with Crippen LogP contribution in [0.4, 0.5) is 24.5 Å². The molecule has 0 atom stereocenters. The summed E-state index contributed by atoms with van der Waals surface area (Å²) in [7, 11) is 1.72. The number of nitrogen functional groups attached to an aromatic ring is 1. The Labute approximate surface area is 114 Å². The van der Waals surface area contributed by atoms with Crippen molar-refractivity contribution >= 4 is 11.4 Å². The average Bonchev–Trinajstić information content (AvgIpc) is 2.39. The predicted molar refractivity (Wildman–Crippen MR) is 72.2 cm³/mol. The van der Waals surface area contributed by atoms with Gasteiger partial charge in [-0.2, -0.15) is 13.2 Å². The number of hydrogen-bond donors (Lipinski definition) is 1. The molecule has 6 heteroatoms. The first-order valence-corrected chi connectivity index (χ1v) is 5.94. The summed E-state index contributed by atoms with van der Waals surface area (Å²) in [5, 5.41) is 0. The Kier molecular flexibility index (Phi) is 3.83. The first-order valence-electron chi connectivity index (χ1n) is 5.94. The number of halogens is 3. The lowest BCUT2D eigenvalue weighted by Crippen LogP contribution is -2.18. The molecule has 0 aliphatic rings. The van der Waals surface area contributed by atoms with Gasteiger partial charge < -0.3 is 10.6 Å². The van der Waals surface area contributed by atoms with Crippen LogP contribution in [0.5, 0.6) is 0 Å². The highest BCUT2D eigenvalue weighted by Crippen LogP contribution is 2.35. The summed E-state index contributed by atoms with van der Waals surface area (Å²) in [5.41, 5.74) is 5.67. The van der Waals surface area contributed by atoms with Crippen molar-refractivity contribution in [2.75, 3.05) is 17.7 Å². The third-order valence-corrected chi connectivity index (χ3v) is 2.93. The smallest absolute Gasteiger partial charge is 0.398 e. The average molecular weight is 281 g/mol. The minimum atomic E-state index is -4.45. The van der Waals surface area contributed by atoms with E-state index in [1.165, 1.54) is 6.07 Å². The zero-order chi connectivity index (χ0) is 14.8. The van der Waals surface area contributed by atoms with Crippen LogP contribution in [0.3, 0.4) is 0 Å². The number of nitrogens with two attached hydrogens (primary N) is 1. The molecule has 2 N–H and O–H groups in total. The molecule has 1 aromatic carbocycles. The van der Waals surface area contributed by atoms with E-state index in [4.69, 9.17) is 5.73 Å². The molecule has 0 saturated carbocycles. The predicted octanol–water partition coefficient (Wildman–Crippen LogP) is 3.32. The second-order valence-corrected chi connectivity index (χ2v) is 4.49. The molecule has 0 radical (unpaired) electrons. The van der Waals surface area contributed by atoms with Gasteiger partial charge in [0.15, 0.2) is 0 Å². The van der Waals surface area contributed by atoms with Gasteiger partial charge in [-0.15, -0.1) is 0 Å². The third-order valence-electron chi connectivity index (χ3n) is 2.93. The molecule has 1 heterocycles. The van der Waals surface area contributed by atoms with E-state index < -0.39 is 11.7 Å². The summed E-state index contributed by atoms with van der Waals surface area (Å²) in [4.78, 5) is 5.69. The van der Waals surface area contributed by atoms with E-state index in [1.807, 2.05) is 6.07 Å². The summed E-state index contributed by atoms with van der Waals surface area (Å²) < 4.78 is 38.4. The quantitative estimate of drug-likeness (QED) is 0.878. The molecule has 3 nitrogen and oxygen atoms in total. The molecule has 0 spiro atoms. The Morgan fingerprint density at radius 1 is 1.25 bits per heavy atom. The van der Waals surface area contributed by atoms with Crippen LogP contribution >= 0.6 is 0 Å². The number of benzene rings is 1. The number of anilines is 2. The Hall–Kier alpha value is -2.24. The summed E-state index contributed by atoms with van der Waals surface area (Å²) >= 11 is 0. The summed E-state index contributed by atoms with van der Waals surface area (Å²) in [6.07, 6.45) is -1.12. The number of nitrogens with zero attached hydrogens (tertiary/aromatic N) is 2. The molecule has 0 aliphatic carbocycles. The lowest BCUT2D eigenvalue weighted by atomic mass is 10.1. The Morgan fingerprint density at radius 3 is 2.60 bits per heavy atom. The molecular formula is C14H14F3N3. The van der Waals surface area contributed by atoms with Crippen LogP contribution in [0.25, 0.3) is 0 Å². The maximum atomic E-state index is 12.8. The van der Waals surface area contributed by atoms with Crippen molar-refractivity contribution in [2.45, 2.75) is 12.7 Å². The fourth-order valence-corrected chi connectivity index (χ4v) is 1.88. The summed E-state index contributed by atoms with van der Waals surface area (Å²) in [6, 6.07) is 7.56. The van der Waals surface area contributed by atoms with Crippen molar-refractivity contribution in [1.82, 2.24) is 4.98 Å². The SMILES string of the molecule is CN(Cc1cccnc1)c1ccc(N)c(C(F)(F)F)c1. The lowest BCUT2D eigenvalue weighted by molar-refractivity contribution is -0.136. The van der Waals surface area contributed by atoms with E-state index in [2.05, 4.69) is 4.98 Å². The topological polar surface area (TPSA) is 42.2 Å². The molecule has 20 heavy (non-hydrogen) atoms. The van der Waals surface area contributed by atoms with E-state index >= 15 is 0 Å². The van der Waals surface area contributed by atoms with Crippen LogP contribution in [-0.4, -0.2) is 12.0 Å². The molecule has 0 bridgehead atoms. The zero-order valence-corrected chi connectivity index (χ0v) is 10.9. The van der Waals surface area contributed by atoms with Gasteiger partial charge >= 0.3 is 6.18 Å². The Bertz CT molecular complexity index is 582. The van der Waals surface area contributed by atoms with Crippen LogP contribution in [0, 0.1) is 0 Å². The molecule has 0 unspecified atom stereocenters. The van der Waals surface area contributed by atoms with E-state index in [9.17, 15) is 13.2 Å². The van der Waals surface area contributed by atoms with Crippen LogP contribution < -0.4 is 10.6 Å². The fraction of sp³-hybridized carbons (Fsp3) is 0.214. The number of pyridine rings is 1. The molecule has 0 fully saturated rings. The van der Waals surface area contributed by atoms with Crippen LogP contribution in [-0.2, 0) is 12.7 Å². The molecule has 0 aliphatic heterocycles. The second-order valence-electron chi connectivity index (χ2n) is 4.49. The molecule has 2 aromatic rings.